The van der Waals surface area contributed by atoms with Crippen molar-refractivity contribution in [1.82, 2.24) is 20.1 Å². The van der Waals surface area contributed by atoms with Gasteiger partial charge in [-0.05, 0) is 49.1 Å². The maximum absolute atomic E-state index is 15.2. The van der Waals surface area contributed by atoms with Crippen LogP contribution in [0.4, 0.5) is 9.18 Å². The summed E-state index contributed by atoms with van der Waals surface area (Å²) in [4.78, 5) is 21.1. The Morgan fingerprint density at radius 3 is 2.69 bits per heavy atom. The predicted molar refractivity (Wildman–Crippen MR) is 135 cm³/mol. The Bertz CT molecular complexity index is 1170. The lowest BCUT2D eigenvalue weighted by Crippen LogP contribution is -2.44. The zero-order valence-electron chi connectivity index (χ0n) is 20.5. The molecule has 184 valence electrons. The van der Waals surface area contributed by atoms with E-state index in [0.717, 1.165) is 68.1 Å². The Morgan fingerprint density at radius 2 is 1.97 bits per heavy atom. The van der Waals surface area contributed by atoms with Gasteiger partial charge in [-0.25, -0.2) is 9.18 Å². The summed E-state index contributed by atoms with van der Waals surface area (Å²) in [6.45, 7) is 9.16. The van der Waals surface area contributed by atoms with Crippen LogP contribution in [-0.4, -0.2) is 66.2 Å². The molecule has 1 aliphatic carbocycles. The van der Waals surface area contributed by atoms with Crippen molar-refractivity contribution in [2.24, 2.45) is 0 Å². The van der Waals surface area contributed by atoms with Gasteiger partial charge in [0.25, 0.3) is 0 Å². The second-order valence-electron chi connectivity index (χ2n) is 9.77. The number of carbonyl (C=O) groups excluding carboxylic acids is 1. The third-order valence-electron chi connectivity index (χ3n) is 6.87. The molecule has 5 rings (SSSR count). The number of morpholine rings is 1. The van der Waals surface area contributed by atoms with E-state index in [-0.39, 0.29) is 17.9 Å². The minimum atomic E-state index is -0.218. The van der Waals surface area contributed by atoms with Gasteiger partial charge in [-0.1, -0.05) is 24.3 Å². The van der Waals surface area contributed by atoms with E-state index in [1.165, 1.54) is 11.1 Å². The maximum Gasteiger partial charge on any atom is 0.317 e. The van der Waals surface area contributed by atoms with Crippen LogP contribution in [0, 0.1) is 5.82 Å². The highest BCUT2D eigenvalue weighted by molar-refractivity contribution is 5.86. The predicted octanol–water partition coefficient (Wildman–Crippen LogP) is 4.41. The maximum atomic E-state index is 15.2. The molecule has 6 nitrogen and oxygen atoms in total. The quantitative estimate of drug-likeness (QED) is 0.695. The molecular weight excluding hydrogens is 443 g/mol. The van der Waals surface area contributed by atoms with Gasteiger partial charge in [0, 0.05) is 68.1 Å². The van der Waals surface area contributed by atoms with Crippen molar-refractivity contribution in [2.45, 2.75) is 39.3 Å². The van der Waals surface area contributed by atoms with E-state index in [4.69, 9.17) is 4.74 Å². The molecule has 0 spiro atoms. The number of nitrogens with zero attached hydrogens (tertiary/aromatic N) is 3. The number of pyridine rings is 1. The summed E-state index contributed by atoms with van der Waals surface area (Å²) in [6.07, 6.45) is 7.70. The van der Waals surface area contributed by atoms with Gasteiger partial charge in [0.2, 0.25) is 0 Å². The van der Waals surface area contributed by atoms with Gasteiger partial charge in [-0.3, -0.25) is 9.88 Å². The number of hydrogen-bond acceptors (Lipinski definition) is 4. The number of ether oxygens (including phenoxy) is 1. The Hall–Kier alpha value is -3.03. The van der Waals surface area contributed by atoms with Crippen LogP contribution in [0.3, 0.4) is 0 Å². The van der Waals surface area contributed by atoms with E-state index in [1.807, 2.05) is 30.9 Å². The Morgan fingerprint density at radius 1 is 1.14 bits per heavy atom. The van der Waals surface area contributed by atoms with Crippen LogP contribution >= 0.6 is 0 Å². The number of carbonyl (C=O) groups is 1. The molecule has 3 aliphatic rings. The molecule has 2 aliphatic heterocycles. The van der Waals surface area contributed by atoms with Crippen LogP contribution in [0.5, 0.6) is 0 Å². The molecule has 1 N–H and O–H groups in total. The molecule has 1 saturated heterocycles. The number of fused-ring (bicyclic) bond motifs is 1. The van der Waals surface area contributed by atoms with Crippen LogP contribution in [0.15, 0.2) is 48.2 Å². The van der Waals surface area contributed by atoms with Crippen molar-refractivity contribution in [1.29, 1.82) is 0 Å². The van der Waals surface area contributed by atoms with Crippen LogP contribution < -0.4 is 5.32 Å². The summed E-state index contributed by atoms with van der Waals surface area (Å²) >= 11 is 0. The lowest BCUT2D eigenvalue weighted by atomic mass is 9.94. The van der Waals surface area contributed by atoms with E-state index in [2.05, 4.69) is 33.4 Å². The van der Waals surface area contributed by atoms with Crippen LogP contribution in [0.25, 0.3) is 16.7 Å². The molecule has 2 amide bonds. The standard InChI is InChI=1S/C28H33FN4O2/c1-19(2)31-28(34)33-9-7-21(8-10-33)23-5-6-27-25(23)16-22(17-30-27)24-4-3-20(15-26(24)29)18-32-11-13-35-14-12-32/h3-5,7,15-17,19H,6,8-14,18H2,1-2H3,(H,31,34). The fourth-order valence-electron chi connectivity index (χ4n) is 4.99. The van der Waals surface area contributed by atoms with Gasteiger partial charge >= 0.3 is 6.03 Å². The van der Waals surface area contributed by atoms with Gasteiger partial charge in [0.1, 0.15) is 5.82 Å². The Balaban J connectivity index is 1.32. The first-order valence-corrected chi connectivity index (χ1v) is 12.5. The van der Waals surface area contributed by atoms with E-state index >= 15 is 4.39 Å². The molecule has 0 atom stereocenters. The molecule has 0 saturated carbocycles. The van der Waals surface area contributed by atoms with E-state index in [9.17, 15) is 4.79 Å². The summed E-state index contributed by atoms with van der Waals surface area (Å²) in [5, 5.41) is 2.96. The summed E-state index contributed by atoms with van der Waals surface area (Å²) in [5.74, 6) is -0.218. The summed E-state index contributed by atoms with van der Waals surface area (Å²) < 4.78 is 20.6. The lowest BCUT2D eigenvalue weighted by molar-refractivity contribution is 0.0341. The van der Waals surface area contributed by atoms with E-state index in [1.54, 1.807) is 12.3 Å². The number of benzene rings is 1. The second kappa shape index (κ2) is 10.3. The zero-order chi connectivity index (χ0) is 24.4. The number of nitrogens with one attached hydrogen (secondary N) is 1. The number of halogens is 1. The average Bonchev–Trinajstić information content (AvgIpc) is 3.28. The SMILES string of the molecule is CC(C)NC(=O)N1CC=C(C2=CCc3ncc(-c4ccc(CN5CCOCC5)cc4F)cc32)CC1. The van der Waals surface area contributed by atoms with Crippen molar-refractivity contribution in [3.63, 3.8) is 0 Å². The molecule has 35 heavy (non-hydrogen) atoms. The Kier molecular flexibility index (Phi) is 6.97. The normalized spacial score (nSPS) is 18.3. The molecule has 1 fully saturated rings. The van der Waals surface area contributed by atoms with Gasteiger partial charge < -0.3 is 15.0 Å². The number of aromatic nitrogens is 1. The number of hydrogen-bond donors (Lipinski definition) is 1. The van der Waals surface area contributed by atoms with Crippen LogP contribution in [0.2, 0.25) is 0 Å². The number of rotatable bonds is 5. The first-order valence-electron chi connectivity index (χ1n) is 12.5. The van der Waals surface area contributed by atoms with Crippen molar-refractivity contribution >= 4 is 11.6 Å². The summed E-state index contributed by atoms with van der Waals surface area (Å²) in [7, 11) is 0. The van der Waals surface area contributed by atoms with Crippen molar-refractivity contribution < 1.29 is 13.9 Å². The highest BCUT2D eigenvalue weighted by Crippen LogP contribution is 2.37. The van der Waals surface area contributed by atoms with Crippen molar-refractivity contribution in [3.8, 4) is 11.1 Å². The minimum absolute atomic E-state index is 0.0207. The molecule has 2 aromatic rings. The molecule has 0 unspecified atom stereocenters. The van der Waals surface area contributed by atoms with Gasteiger partial charge in [-0.2, -0.15) is 0 Å². The molecule has 7 heteroatoms. The first kappa shape index (κ1) is 23.7. The molecule has 0 bridgehead atoms. The highest BCUT2D eigenvalue weighted by atomic mass is 19.1. The lowest BCUT2D eigenvalue weighted by Gasteiger charge is -2.28. The second-order valence-corrected chi connectivity index (χ2v) is 9.77. The fraction of sp³-hybridized carbons (Fsp3) is 0.429. The van der Waals surface area contributed by atoms with Crippen LogP contribution in [-0.2, 0) is 17.7 Å². The molecule has 3 heterocycles. The summed E-state index contributed by atoms with van der Waals surface area (Å²) in [5.41, 5.74) is 6.84. The molecule has 1 aromatic carbocycles. The smallest absolute Gasteiger partial charge is 0.317 e. The average molecular weight is 477 g/mol. The fourth-order valence-corrected chi connectivity index (χ4v) is 4.99. The topological polar surface area (TPSA) is 57.7 Å². The van der Waals surface area contributed by atoms with Crippen molar-refractivity contribution in [3.05, 3.63) is 70.8 Å². The zero-order valence-corrected chi connectivity index (χ0v) is 20.5. The largest absolute Gasteiger partial charge is 0.379 e. The van der Waals surface area contributed by atoms with Gasteiger partial charge in [0.15, 0.2) is 0 Å². The van der Waals surface area contributed by atoms with Gasteiger partial charge in [-0.15, -0.1) is 0 Å². The molecular formula is C28H33FN4O2. The van der Waals surface area contributed by atoms with E-state index in [0.29, 0.717) is 18.7 Å². The van der Waals surface area contributed by atoms with E-state index < -0.39 is 0 Å². The third kappa shape index (κ3) is 5.31. The summed E-state index contributed by atoms with van der Waals surface area (Å²) in [6, 6.07) is 7.70. The van der Waals surface area contributed by atoms with Crippen LogP contribution in [0.1, 0.15) is 37.1 Å². The first-order chi connectivity index (χ1) is 17.0. The highest BCUT2D eigenvalue weighted by Gasteiger charge is 2.24. The van der Waals surface area contributed by atoms with Crippen molar-refractivity contribution in [2.75, 3.05) is 39.4 Å². The number of amides is 2. The molecule has 1 aromatic heterocycles. The van der Waals surface area contributed by atoms with Gasteiger partial charge in [0.05, 0.1) is 18.9 Å². The minimum Gasteiger partial charge on any atom is -0.379 e. The number of urea groups is 1. The monoisotopic (exact) mass is 476 g/mol. The number of allylic oxidation sites excluding steroid dienone is 2. The third-order valence-corrected chi connectivity index (χ3v) is 6.87. The Labute approximate surface area is 206 Å². The molecule has 0 radical (unpaired) electrons.